The number of methoxy groups -OCH3 is 2. The molecule has 1 aliphatic rings. The summed E-state index contributed by atoms with van der Waals surface area (Å²) in [5, 5.41) is 10.1. The van der Waals surface area contributed by atoms with Crippen LogP contribution in [-0.2, 0) is 0 Å². The molecule has 5 rings (SSSR count). The first-order valence-electron chi connectivity index (χ1n) is 10.0. The summed E-state index contributed by atoms with van der Waals surface area (Å²) in [5.41, 5.74) is 0.651. The number of benzene rings is 3. The van der Waals surface area contributed by atoms with Crippen molar-refractivity contribution in [2.45, 2.75) is 6.04 Å². The molecule has 1 N–H and O–H groups in total. The first-order valence-corrected chi connectivity index (χ1v) is 10.0. The molecule has 1 aromatic heterocycles. The second kappa shape index (κ2) is 7.67. The number of amides is 1. The van der Waals surface area contributed by atoms with E-state index >= 15 is 0 Å². The molecule has 0 radical (unpaired) electrons. The van der Waals surface area contributed by atoms with E-state index in [9.17, 15) is 19.1 Å². The molecule has 1 atom stereocenters. The Labute approximate surface area is 187 Å². The van der Waals surface area contributed by atoms with Crippen molar-refractivity contribution in [3.8, 4) is 17.2 Å². The van der Waals surface area contributed by atoms with Crippen LogP contribution in [0.4, 0.5) is 10.1 Å². The molecule has 1 aliphatic heterocycles. The van der Waals surface area contributed by atoms with Gasteiger partial charge in [-0.05, 0) is 48.0 Å². The van der Waals surface area contributed by atoms with Gasteiger partial charge in [-0.15, -0.1) is 0 Å². The maximum Gasteiger partial charge on any atom is 0.295 e. The van der Waals surface area contributed by atoms with E-state index in [0.29, 0.717) is 17.0 Å². The summed E-state index contributed by atoms with van der Waals surface area (Å²) in [6.45, 7) is 0. The molecule has 1 unspecified atom stereocenters. The third-order valence-electron chi connectivity index (χ3n) is 5.68. The molecule has 1 amide bonds. The summed E-state index contributed by atoms with van der Waals surface area (Å²) in [4.78, 5) is 28.5. The van der Waals surface area contributed by atoms with Gasteiger partial charge in [0.1, 0.15) is 17.1 Å². The Bertz CT molecular complexity index is 1480. The number of halogens is 1. The molecule has 7 nitrogen and oxygen atoms in total. The number of rotatable bonds is 4. The average Bonchev–Trinajstić information content (AvgIpc) is 3.12. The highest BCUT2D eigenvalue weighted by molar-refractivity contribution is 6.10. The van der Waals surface area contributed by atoms with Crippen molar-refractivity contribution in [1.29, 1.82) is 0 Å². The van der Waals surface area contributed by atoms with Gasteiger partial charge in [-0.2, -0.15) is 0 Å². The quantitative estimate of drug-likeness (QED) is 0.499. The Balaban J connectivity index is 1.82. The standard InChI is InChI=1S/C25H18FNO6/c1-31-16-5-3-4-15(12-16)27-22(13-6-8-18(28)20(10-13)32-2)21-23(29)17-11-14(26)7-9-19(17)33-24(21)25(27)30/h3-12,22,28H,1-2H3. The van der Waals surface area contributed by atoms with Crippen molar-refractivity contribution in [3.05, 3.63) is 93.6 Å². The zero-order chi connectivity index (χ0) is 23.3. The Hall–Kier alpha value is -4.33. The first kappa shape index (κ1) is 20.6. The molecular formula is C25H18FNO6. The number of fused-ring (bicyclic) bond motifs is 2. The van der Waals surface area contributed by atoms with Crippen molar-refractivity contribution in [3.63, 3.8) is 0 Å². The van der Waals surface area contributed by atoms with E-state index < -0.39 is 23.2 Å². The highest BCUT2D eigenvalue weighted by Gasteiger charge is 2.44. The lowest BCUT2D eigenvalue weighted by atomic mass is 9.97. The van der Waals surface area contributed by atoms with Gasteiger partial charge >= 0.3 is 0 Å². The third-order valence-corrected chi connectivity index (χ3v) is 5.68. The molecule has 0 saturated carbocycles. The predicted molar refractivity (Wildman–Crippen MR) is 119 cm³/mol. The highest BCUT2D eigenvalue weighted by Crippen LogP contribution is 2.43. The van der Waals surface area contributed by atoms with E-state index in [1.54, 1.807) is 36.4 Å². The lowest BCUT2D eigenvalue weighted by molar-refractivity contribution is 0.0971. The van der Waals surface area contributed by atoms with Crippen molar-refractivity contribution in [2.24, 2.45) is 0 Å². The molecule has 3 aromatic carbocycles. The molecular weight excluding hydrogens is 429 g/mol. The summed E-state index contributed by atoms with van der Waals surface area (Å²) >= 11 is 0. The molecule has 8 heteroatoms. The number of hydrogen-bond acceptors (Lipinski definition) is 6. The number of carbonyl (C=O) groups excluding carboxylic acids is 1. The van der Waals surface area contributed by atoms with Gasteiger partial charge < -0.3 is 19.0 Å². The summed E-state index contributed by atoms with van der Waals surface area (Å²) < 4.78 is 30.3. The zero-order valence-electron chi connectivity index (χ0n) is 17.7. The Morgan fingerprint density at radius 3 is 2.58 bits per heavy atom. The molecule has 4 aromatic rings. The van der Waals surface area contributed by atoms with Gasteiger partial charge in [0.15, 0.2) is 16.9 Å². The number of hydrogen-bond donors (Lipinski definition) is 1. The van der Waals surface area contributed by atoms with Gasteiger partial charge in [-0.3, -0.25) is 14.5 Å². The van der Waals surface area contributed by atoms with Crippen molar-refractivity contribution in [2.75, 3.05) is 19.1 Å². The normalized spacial score (nSPS) is 15.1. The van der Waals surface area contributed by atoms with Crippen LogP contribution in [0.1, 0.15) is 27.7 Å². The minimum Gasteiger partial charge on any atom is -0.504 e. The number of carbonyl (C=O) groups is 1. The summed E-state index contributed by atoms with van der Waals surface area (Å²) in [6.07, 6.45) is 0. The largest absolute Gasteiger partial charge is 0.504 e. The molecule has 0 bridgehead atoms. The number of ether oxygens (including phenoxy) is 2. The van der Waals surface area contributed by atoms with Crippen LogP contribution in [0.15, 0.2) is 69.9 Å². The number of aromatic hydroxyl groups is 1. The lowest BCUT2D eigenvalue weighted by Gasteiger charge is -2.26. The number of phenols is 1. The van der Waals surface area contributed by atoms with Crippen LogP contribution in [-0.4, -0.2) is 25.2 Å². The highest BCUT2D eigenvalue weighted by atomic mass is 19.1. The number of phenolic OH excluding ortho intramolecular Hbond substituents is 1. The SMILES string of the molecule is COc1cccc(N2C(=O)c3oc4ccc(F)cc4c(=O)c3C2c2ccc(O)c(OC)c2)c1. The van der Waals surface area contributed by atoms with Crippen LogP contribution < -0.4 is 19.8 Å². The van der Waals surface area contributed by atoms with E-state index in [-0.39, 0.29) is 33.8 Å². The van der Waals surface area contributed by atoms with E-state index in [0.717, 1.165) is 6.07 Å². The maximum atomic E-state index is 13.9. The van der Waals surface area contributed by atoms with Gasteiger partial charge in [0.2, 0.25) is 5.76 Å². The second-order valence-electron chi connectivity index (χ2n) is 7.52. The monoisotopic (exact) mass is 447 g/mol. The topological polar surface area (TPSA) is 89.2 Å². The van der Waals surface area contributed by atoms with E-state index in [1.165, 1.54) is 37.3 Å². The van der Waals surface area contributed by atoms with Crippen LogP contribution >= 0.6 is 0 Å². The molecule has 0 saturated heterocycles. The van der Waals surface area contributed by atoms with E-state index in [1.807, 2.05) is 0 Å². The smallest absolute Gasteiger partial charge is 0.295 e. The van der Waals surface area contributed by atoms with Crippen LogP contribution in [0.5, 0.6) is 17.2 Å². The van der Waals surface area contributed by atoms with Crippen LogP contribution in [0.3, 0.4) is 0 Å². The molecule has 33 heavy (non-hydrogen) atoms. The number of nitrogens with zero attached hydrogens (tertiary/aromatic N) is 1. The fourth-order valence-electron chi connectivity index (χ4n) is 4.15. The molecule has 0 spiro atoms. The lowest BCUT2D eigenvalue weighted by Crippen LogP contribution is -2.29. The number of anilines is 1. The van der Waals surface area contributed by atoms with Crippen molar-refractivity contribution in [1.82, 2.24) is 0 Å². The molecule has 2 heterocycles. The summed E-state index contributed by atoms with van der Waals surface area (Å²) in [7, 11) is 2.91. The van der Waals surface area contributed by atoms with Gasteiger partial charge in [-0.1, -0.05) is 12.1 Å². The van der Waals surface area contributed by atoms with Gasteiger partial charge in [-0.25, -0.2) is 4.39 Å². The van der Waals surface area contributed by atoms with Gasteiger partial charge in [0, 0.05) is 11.8 Å². The van der Waals surface area contributed by atoms with Crippen LogP contribution in [0, 0.1) is 5.82 Å². The fraction of sp³-hybridized carbons (Fsp3) is 0.120. The molecule has 166 valence electrons. The van der Waals surface area contributed by atoms with E-state index in [4.69, 9.17) is 13.9 Å². The summed E-state index contributed by atoms with van der Waals surface area (Å²) in [6, 6.07) is 14.1. The van der Waals surface area contributed by atoms with Crippen molar-refractivity contribution >= 4 is 22.6 Å². The zero-order valence-corrected chi connectivity index (χ0v) is 17.7. The van der Waals surface area contributed by atoms with Gasteiger partial charge in [0.25, 0.3) is 5.91 Å². The molecule has 0 fully saturated rings. The molecule has 0 aliphatic carbocycles. The minimum absolute atomic E-state index is 0.0322. The minimum atomic E-state index is -0.905. The maximum absolute atomic E-state index is 13.9. The Morgan fingerprint density at radius 1 is 1.00 bits per heavy atom. The van der Waals surface area contributed by atoms with Gasteiger partial charge in [0.05, 0.1) is 31.2 Å². The Morgan fingerprint density at radius 2 is 1.82 bits per heavy atom. The fourth-order valence-corrected chi connectivity index (χ4v) is 4.15. The third kappa shape index (κ3) is 3.18. The Kier molecular flexibility index (Phi) is 4.78. The van der Waals surface area contributed by atoms with E-state index in [2.05, 4.69) is 0 Å². The van der Waals surface area contributed by atoms with Crippen LogP contribution in [0.2, 0.25) is 0 Å². The predicted octanol–water partition coefficient (Wildman–Crippen LogP) is 4.40. The first-order chi connectivity index (χ1) is 15.9. The summed E-state index contributed by atoms with van der Waals surface area (Å²) in [5.74, 6) is -0.643. The second-order valence-corrected chi connectivity index (χ2v) is 7.52. The van der Waals surface area contributed by atoms with Crippen molar-refractivity contribution < 1.29 is 28.2 Å². The van der Waals surface area contributed by atoms with Crippen LogP contribution in [0.25, 0.3) is 11.0 Å². The average molecular weight is 447 g/mol.